The Hall–Kier alpha value is -2.80. The zero-order chi connectivity index (χ0) is 18.5. The topological polar surface area (TPSA) is 51.2 Å². The van der Waals surface area contributed by atoms with E-state index in [1.807, 2.05) is 6.92 Å². The van der Waals surface area contributed by atoms with Gasteiger partial charge in [-0.1, -0.05) is 18.2 Å². The summed E-state index contributed by atoms with van der Waals surface area (Å²) < 4.78 is 33.2. The van der Waals surface area contributed by atoms with Crippen LogP contribution in [0, 0.1) is 11.6 Å². The molecule has 3 aromatic rings. The molecule has 0 spiro atoms. The van der Waals surface area contributed by atoms with E-state index in [4.69, 9.17) is 4.74 Å². The van der Waals surface area contributed by atoms with Gasteiger partial charge in [0.15, 0.2) is 0 Å². The summed E-state index contributed by atoms with van der Waals surface area (Å²) in [5, 5.41) is 4.94. The molecule has 134 valence electrons. The van der Waals surface area contributed by atoms with Crippen LogP contribution in [0.2, 0.25) is 0 Å². The normalized spacial score (nSPS) is 10.6. The Kier molecular flexibility index (Phi) is 5.58. The van der Waals surface area contributed by atoms with Crippen molar-refractivity contribution in [3.05, 3.63) is 70.7 Å². The number of hydrogen-bond donors (Lipinski definition) is 1. The molecule has 0 atom stereocenters. The fraction of sp³-hybridized carbons (Fsp3) is 0.158. The molecule has 0 radical (unpaired) electrons. The summed E-state index contributed by atoms with van der Waals surface area (Å²) in [4.78, 5) is 16.2. The second kappa shape index (κ2) is 8.05. The third-order valence-corrected chi connectivity index (χ3v) is 4.50. The van der Waals surface area contributed by atoms with Gasteiger partial charge in [-0.3, -0.25) is 4.79 Å². The first-order valence-electron chi connectivity index (χ1n) is 7.99. The minimum Gasteiger partial charge on any atom is -0.488 e. The summed E-state index contributed by atoms with van der Waals surface area (Å²) in [7, 11) is 0. The third kappa shape index (κ3) is 3.88. The van der Waals surface area contributed by atoms with E-state index in [0.717, 1.165) is 0 Å². The lowest BCUT2D eigenvalue weighted by Crippen LogP contribution is -2.22. The lowest BCUT2D eigenvalue weighted by Gasteiger charge is -2.11. The van der Waals surface area contributed by atoms with Crippen LogP contribution in [-0.4, -0.2) is 17.4 Å². The van der Waals surface area contributed by atoms with Gasteiger partial charge in [0.25, 0.3) is 5.91 Å². The number of carbonyl (C=O) groups excluding carboxylic acids is 1. The number of ether oxygens (including phenoxy) is 1. The molecule has 0 aliphatic heterocycles. The average Bonchev–Trinajstić information content (AvgIpc) is 3.12. The van der Waals surface area contributed by atoms with E-state index >= 15 is 0 Å². The number of rotatable bonds is 6. The molecule has 26 heavy (non-hydrogen) atoms. The first-order chi connectivity index (χ1) is 12.6. The number of aromatic nitrogens is 1. The lowest BCUT2D eigenvalue weighted by molar-refractivity contribution is 0.0951. The number of benzene rings is 2. The van der Waals surface area contributed by atoms with Crippen molar-refractivity contribution in [3.63, 3.8) is 0 Å². The summed E-state index contributed by atoms with van der Waals surface area (Å²) in [5.74, 6) is -1.13. The van der Waals surface area contributed by atoms with Gasteiger partial charge >= 0.3 is 0 Å². The SMILES string of the molecule is CCNC(=O)c1csc(-c2ccccc2OCc2c(F)cccc2F)n1. The standard InChI is InChI=1S/C19H16F2N2O2S/c1-2-22-18(24)16-11-26-19(23-16)12-6-3-4-9-17(12)25-10-13-14(20)7-5-8-15(13)21/h3-9,11H,2,10H2,1H3,(H,22,24). The smallest absolute Gasteiger partial charge is 0.270 e. The molecule has 2 aromatic carbocycles. The molecule has 0 bridgehead atoms. The van der Waals surface area contributed by atoms with E-state index < -0.39 is 11.6 Å². The van der Waals surface area contributed by atoms with Gasteiger partial charge < -0.3 is 10.1 Å². The van der Waals surface area contributed by atoms with Crippen molar-refractivity contribution in [1.29, 1.82) is 0 Å². The molecule has 3 rings (SSSR count). The Morgan fingerprint density at radius 3 is 2.62 bits per heavy atom. The van der Waals surface area contributed by atoms with Crippen molar-refractivity contribution in [2.45, 2.75) is 13.5 Å². The number of halogens is 2. The van der Waals surface area contributed by atoms with Crippen LogP contribution < -0.4 is 10.1 Å². The maximum Gasteiger partial charge on any atom is 0.270 e. The van der Waals surface area contributed by atoms with Crippen LogP contribution >= 0.6 is 11.3 Å². The number of amides is 1. The molecular formula is C19H16F2N2O2S. The highest BCUT2D eigenvalue weighted by atomic mass is 32.1. The van der Waals surface area contributed by atoms with Crippen LogP contribution in [0.4, 0.5) is 8.78 Å². The lowest BCUT2D eigenvalue weighted by atomic mass is 10.2. The number of para-hydroxylation sites is 1. The molecule has 1 aromatic heterocycles. The molecule has 1 N–H and O–H groups in total. The molecule has 7 heteroatoms. The van der Waals surface area contributed by atoms with E-state index in [1.165, 1.54) is 29.5 Å². The van der Waals surface area contributed by atoms with Crippen LogP contribution in [0.25, 0.3) is 10.6 Å². The average molecular weight is 374 g/mol. The Morgan fingerprint density at radius 1 is 1.15 bits per heavy atom. The fourth-order valence-corrected chi connectivity index (χ4v) is 3.17. The summed E-state index contributed by atoms with van der Waals surface area (Å²) in [6, 6.07) is 10.7. The summed E-state index contributed by atoms with van der Waals surface area (Å²) in [5.41, 5.74) is 0.844. The monoisotopic (exact) mass is 374 g/mol. The highest BCUT2D eigenvalue weighted by Gasteiger charge is 2.15. The Labute approximate surface area is 153 Å². The number of nitrogens with zero attached hydrogens (tertiary/aromatic N) is 1. The van der Waals surface area contributed by atoms with Crippen molar-refractivity contribution in [2.75, 3.05) is 6.54 Å². The quantitative estimate of drug-likeness (QED) is 0.695. The molecule has 0 saturated heterocycles. The van der Waals surface area contributed by atoms with Crippen molar-refractivity contribution < 1.29 is 18.3 Å². The second-order valence-corrected chi connectivity index (χ2v) is 6.24. The molecule has 1 amide bonds. The minimum atomic E-state index is -0.657. The fourth-order valence-electron chi connectivity index (χ4n) is 2.34. The van der Waals surface area contributed by atoms with Gasteiger partial charge in [-0.2, -0.15) is 0 Å². The maximum absolute atomic E-state index is 13.8. The largest absolute Gasteiger partial charge is 0.488 e. The third-order valence-electron chi connectivity index (χ3n) is 3.63. The first kappa shape index (κ1) is 18.0. The number of carbonyl (C=O) groups is 1. The van der Waals surface area contributed by atoms with Crippen LogP contribution in [0.5, 0.6) is 5.75 Å². The second-order valence-electron chi connectivity index (χ2n) is 5.38. The van der Waals surface area contributed by atoms with Crippen LogP contribution in [0.1, 0.15) is 23.0 Å². The zero-order valence-corrected chi connectivity index (χ0v) is 14.8. The van der Waals surface area contributed by atoms with Crippen LogP contribution in [-0.2, 0) is 6.61 Å². The zero-order valence-electron chi connectivity index (χ0n) is 14.0. The summed E-state index contributed by atoms with van der Waals surface area (Å²) in [6.45, 7) is 2.10. The van der Waals surface area contributed by atoms with Crippen molar-refractivity contribution >= 4 is 17.2 Å². The van der Waals surface area contributed by atoms with E-state index in [-0.39, 0.29) is 18.1 Å². The van der Waals surface area contributed by atoms with E-state index in [1.54, 1.807) is 29.6 Å². The number of nitrogens with one attached hydrogen (secondary N) is 1. The van der Waals surface area contributed by atoms with Gasteiger partial charge in [-0.15, -0.1) is 11.3 Å². The maximum atomic E-state index is 13.8. The van der Waals surface area contributed by atoms with Gasteiger partial charge in [0.2, 0.25) is 0 Å². The molecular weight excluding hydrogens is 358 g/mol. The van der Waals surface area contributed by atoms with E-state index in [9.17, 15) is 13.6 Å². The molecule has 0 aliphatic carbocycles. The van der Waals surface area contributed by atoms with Crippen molar-refractivity contribution in [1.82, 2.24) is 10.3 Å². The molecule has 0 unspecified atom stereocenters. The van der Waals surface area contributed by atoms with Gasteiger partial charge in [0, 0.05) is 11.9 Å². The summed E-state index contributed by atoms with van der Waals surface area (Å²) >= 11 is 1.30. The molecule has 0 aliphatic rings. The number of thiazole rings is 1. The van der Waals surface area contributed by atoms with E-state index in [0.29, 0.717) is 28.6 Å². The van der Waals surface area contributed by atoms with Crippen molar-refractivity contribution in [2.24, 2.45) is 0 Å². The Balaban J connectivity index is 1.84. The highest BCUT2D eigenvalue weighted by Crippen LogP contribution is 2.33. The predicted octanol–water partition coefficient (Wildman–Crippen LogP) is 4.42. The number of hydrogen-bond acceptors (Lipinski definition) is 4. The van der Waals surface area contributed by atoms with Crippen LogP contribution in [0.15, 0.2) is 47.8 Å². The predicted molar refractivity (Wildman–Crippen MR) is 96.2 cm³/mol. The minimum absolute atomic E-state index is 0.135. The van der Waals surface area contributed by atoms with Gasteiger partial charge in [0.1, 0.15) is 34.7 Å². The van der Waals surface area contributed by atoms with Gasteiger partial charge in [-0.25, -0.2) is 13.8 Å². The van der Waals surface area contributed by atoms with Gasteiger partial charge in [0.05, 0.1) is 11.1 Å². The molecule has 0 fully saturated rings. The first-order valence-corrected chi connectivity index (χ1v) is 8.87. The van der Waals surface area contributed by atoms with Gasteiger partial charge in [-0.05, 0) is 31.2 Å². The molecule has 1 heterocycles. The summed E-state index contributed by atoms with van der Waals surface area (Å²) in [6.07, 6.45) is 0. The Bertz CT molecular complexity index is 907. The molecule has 0 saturated carbocycles. The molecule has 4 nitrogen and oxygen atoms in total. The highest BCUT2D eigenvalue weighted by molar-refractivity contribution is 7.13. The van der Waals surface area contributed by atoms with Crippen LogP contribution in [0.3, 0.4) is 0 Å². The van der Waals surface area contributed by atoms with Crippen molar-refractivity contribution in [3.8, 4) is 16.3 Å². The Morgan fingerprint density at radius 2 is 1.88 bits per heavy atom. The van der Waals surface area contributed by atoms with E-state index in [2.05, 4.69) is 10.3 Å².